The van der Waals surface area contributed by atoms with Gasteiger partial charge in [0.15, 0.2) is 0 Å². The monoisotopic (exact) mass is 272 g/mol. The van der Waals surface area contributed by atoms with Crippen molar-refractivity contribution < 1.29 is 0 Å². The number of hydrogen-bond acceptors (Lipinski definition) is 3. The summed E-state index contributed by atoms with van der Waals surface area (Å²) in [5, 5.41) is 1.10. The van der Waals surface area contributed by atoms with Crippen LogP contribution in [0.4, 0.5) is 0 Å². The van der Waals surface area contributed by atoms with Crippen LogP contribution in [0.2, 0.25) is 0 Å². The summed E-state index contributed by atoms with van der Waals surface area (Å²) in [4.78, 5) is 4.48. The van der Waals surface area contributed by atoms with Gasteiger partial charge in [-0.25, -0.2) is 4.98 Å². The highest BCUT2D eigenvalue weighted by molar-refractivity contribution is 7.98. The number of aromatic nitrogens is 1. The lowest BCUT2D eigenvalue weighted by molar-refractivity contribution is 0.722. The molecule has 0 amide bonds. The maximum Gasteiger partial charge on any atom is 0.0995 e. The second-order valence-corrected chi connectivity index (χ2v) is 5.89. The SMILES string of the molecule is Cc1cccc(CSc2ncccc2CC(C)N)c1. The molecule has 0 radical (unpaired) electrons. The Kier molecular flexibility index (Phi) is 5.00. The first-order valence-electron chi connectivity index (χ1n) is 6.53. The number of nitrogens with zero attached hydrogens (tertiary/aromatic N) is 1. The van der Waals surface area contributed by atoms with E-state index in [1.165, 1.54) is 16.7 Å². The molecular formula is C16H20N2S. The largest absolute Gasteiger partial charge is 0.328 e. The Morgan fingerprint density at radius 1 is 1.26 bits per heavy atom. The Bertz CT molecular complexity index is 538. The molecule has 2 N–H and O–H groups in total. The van der Waals surface area contributed by atoms with Crippen molar-refractivity contribution >= 4 is 11.8 Å². The van der Waals surface area contributed by atoms with Crippen LogP contribution in [0.5, 0.6) is 0 Å². The van der Waals surface area contributed by atoms with E-state index in [1.54, 1.807) is 11.8 Å². The number of hydrogen-bond donors (Lipinski definition) is 1. The molecule has 1 atom stereocenters. The number of benzene rings is 1. The molecule has 0 bridgehead atoms. The van der Waals surface area contributed by atoms with Crippen molar-refractivity contribution in [2.75, 3.05) is 0 Å². The molecule has 2 nitrogen and oxygen atoms in total. The van der Waals surface area contributed by atoms with Crippen LogP contribution < -0.4 is 5.73 Å². The normalized spacial score (nSPS) is 12.4. The molecule has 2 rings (SSSR count). The minimum Gasteiger partial charge on any atom is -0.328 e. The molecule has 0 saturated carbocycles. The van der Waals surface area contributed by atoms with Crippen molar-refractivity contribution in [3.05, 3.63) is 59.3 Å². The van der Waals surface area contributed by atoms with E-state index in [0.29, 0.717) is 0 Å². The second-order valence-electron chi connectivity index (χ2n) is 4.93. The van der Waals surface area contributed by atoms with Crippen LogP contribution in [-0.4, -0.2) is 11.0 Å². The van der Waals surface area contributed by atoms with Crippen LogP contribution in [0.3, 0.4) is 0 Å². The third kappa shape index (κ3) is 4.37. The highest BCUT2D eigenvalue weighted by Gasteiger charge is 2.06. The maximum atomic E-state index is 5.88. The molecule has 1 aromatic heterocycles. The molecule has 0 spiro atoms. The Balaban J connectivity index is 2.07. The van der Waals surface area contributed by atoms with E-state index in [2.05, 4.69) is 42.2 Å². The Hall–Kier alpha value is -1.32. The summed E-state index contributed by atoms with van der Waals surface area (Å²) in [6, 6.07) is 12.9. The highest BCUT2D eigenvalue weighted by atomic mass is 32.2. The van der Waals surface area contributed by atoms with Crippen LogP contribution in [-0.2, 0) is 12.2 Å². The van der Waals surface area contributed by atoms with Gasteiger partial charge in [-0.05, 0) is 37.5 Å². The average molecular weight is 272 g/mol. The molecule has 0 aliphatic rings. The van der Waals surface area contributed by atoms with Crippen molar-refractivity contribution in [2.45, 2.75) is 37.1 Å². The molecule has 1 aromatic carbocycles. The predicted molar refractivity (Wildman–Crippen MR) is 82.3 cm³/mol. The van der Waals surface area contributed by atoms with Crippen LogP contribution in [0, 0.1) is 6.92 Å². The Labute approximate surface area is 119 Å². The molecule has 100 valence electrons. The van der Waals surface area contributed by atoms with Gasteiger partial charge in [0.1, 0.15) is 0 Å². The molecule has 0 aliphatic heterocycles. The molecule has 0 aliphatic carbocycles. The lowest BCUT2D eigenvalue weighted by atomic mass is 10.1. The lowest BCUT2D eigenvalue weighted by Gasteiger charge is -2.10. The first-order valence-corrected chi connectivity index (χ1v) is 7.51. The molecule has 1 heterocycles. The number of nitrogens with two attached hydrogens (primary N) is 1. The van der Waals surface area contributed by atoms with E-state index in [-0.39, 0.29) is 6.04 Å². The fourth-order valence-electron chi connectivity index (χ4n) is 2.01. The van der Waals surface area contributed by atoms with Crippen molar-refractivity contribution in [1.82, 2.24) is 4.98 Å². The van der Waals surface area contributed by atoms with Gasteiger partial charge in [0.05, 0.1) is 5.03 Å². The lowest BCUT2D eigenvalue weighted by Crippen LogP contribution is -2.18. The summed E-state index contributed by atoms with van der Waals surface area (Å²) in [5.41, 5.74) is 9.77. The molecule has 1 unspecified atom stereocenters. The van der Waals surface area contributed by atoms with Crippen LogP contribution >= 0.6 is 11.8 Å². The quantitative estimate of drug-likeness (QED) is 0.846. The summed E-state index contributed by atoms with van der Waals surface area (Å²) >= 11 is 1.78. The van der Waals surface area contributed by atoms with Gasteiger partial charge in [0, 0.05) is 18.0 Å². The maximum absolute atomic E-state index is 5.88. The standard InChI is InChI=1S/C16H20N2S/c1-12-5-3-6-14(9-12)11-19-16-15(10-13(2)17)7-4-8-18-16/h3-9,13H,10-11,17H2,1-2H3. The minimum atomic E-state index is 0.169. The summed E-state index contributed by atoms with van der Waals surface area (Å²) in [5.74, 6) is 0.949. The topological polar surface area (TPSA) is 38.9 Å². The molecule has 2 aromatic rings. The summed E-state index contributed by atoms with van der Waals surface area (Å²) in [7, 11) is 0. The van der Waals surface area contributed by atoms with E-state index in [0.717, 1.165) is 17.2 Å². The number of rotatable bonds is 5. The zero-order valence-electron chi connectivity index (χ0n) is 11.5. The van der Waals surface area contributed by atoms with Crippen molar-refractivity contribution in [3.63, 3.8) is 0 Å². The fraction of sp³-hybridized carbons (Fsp3) is 0.312. The molecule has 0 saturated heterocycles. The van der Waals surface area contributed by atoms with Gasteiger partial charge < -0.3 is 5.73 Å². The first kappa shape index (κ1) is 14.1. The van der Waals surface area contributed by atoms with Gasteiger partial charge in [-0.15, -0.1) is 11.8 Å². The fourth-order valence-corrected chi connectivity index (χ4v) is 2.97. The van der Waals surface area contributed by atoms with Gasteiger partial charge in [0.2, 0.25) is 0 Å². The summed E-state index contributed by atoms with van der Waals surface area (Å²) < 4.78 is 0. The summed E-state index contributed by atoms with van der Waals surface area (Å²) in [6.45, 7) is 4.15. The predicted octanol–water partition coefficient (Wildman–Crippen LogP) is 3.57. The number of thioether (sulfide) groups is 1. The minimum absolute atomic E-state index is 0.169. The molecule has 0 fully saturated rings. The number of pyridine rings is 1. The van der Waals surface area contributed by atoms with E-state index in [4.69, 9.17) is 5.73 Å². The van der Waals surface area contributed by atoms with Crippen molar-refractivity contribution in [2.24, 2.45) is 5.73 Å². The third-order valence-corrected chi connectivity index (χ3v) is 3.97. The zero-order chi connectivity index (χ0) is 13.7. The van der Waals surface area contributed by atoms with E-state index in [9.17, 15) is 0 Å². The van der Waals surface area contributed by atoms with E-state index >= 15 is 0 Å². The average Bonchev–Trinajstić information content (AvgIpc) is 2.37. The molecular weight excluding hydrogens is 252 g/mol. The Morgan fingerprint density at radius 2 is 2.11 bits per heavy atom. The van der Waals surface area contributed by atoms with E-state index in [1.807, 2.05) is 19.2 Å². The Morgan fingerprint density at radius 3 is 2.84 bits per heavy atom. The molecule has 3 heteroatoms. The van der Waals surface area contributed by atoms with Gasteiger partial charge >= 0.3 is 0 Å². The van der Waals surface area contributed by atoms with Gasteiger partial charge in [0.25, 0.3) is 0 Å². The molecule has 19 heavy (non-hydrogen) atoms. The van der Waals surface area contributed by atoms with Crippen LogP contribution in [0.15, 0.2) is 47.6 Å². The zero-order valence-corrected chi connectivity index (χ0v) is 12.3. The van der Waals surface area contributed by atoms with E-state index < -0.39 is 0 Å². The number of aryl methyl sites for hydroxylation is 1. The third-order valence-electron chi connectivity index (χ3n) is 2.85. The van der Waals surface area contributed by atoms with Crippen LogP contribution in [0.25, 0.3) is 0 Å². The summed E-state index contributed by atoms with van der Waals surface area (Å²) in [6.07, 6.45) is 2.73. The first-order chi connectivity index (χ1) is 9.15. The van der Waals surface area contributed by atoms with Gasteiger partial charge in [-0.1, -0.05) is 35.9 Å². The van der Waals surface area contributed by atoms with Gasteiger partial charge in [-0.2, -0.15) is 0 Å². The smallest absolute Gasteiger partial charge is 0.0995 e. The van der Waals surface area contributed by atoms with Crippen molar-refractivity contribution in [1.29, 1.82) is 0 Å². The van der Waals surface area contributed by atoms with Crippen molar-refractivity contribution in [3.8, 4) is 0 Å². The van der Waals surface area contributed by atoms with Crippen LogP contribution in [0.1, 0.15) is 23.6 Å². The second kappa shape index (κ2) is 6.73. The van der Waals surface area contributed by atoms with Gasteiger partial charge in [-0.3, -0.25) is 0 Å². The highest BCUT2D eigenvalue weighted by Crippen LogP contribution is 2.25.